The highest BCUT2D eigenvalue weighted by molar-refractivity contribution is 6.21. The largest absolute Gasteiger partial charge is 0.416 e. The summed E-state index contributed by atoms with van der Waals surface area (Å²) in [6, 6.07) is 12.2. The fourth-order valence-electron chi connectivity index (χ4n) is 5.11. The molecule has 0 atom stereocenters. The third-order valence-corrected chi connectivity index (χ3v) is 6.90. The summed E-state index contributed by atoms with van der Waals surface area (Å²) >= 11 is 0. The first kappa shape index (κ1) is 22.3. The molecule has 5 nitrogen and oxygen atoms in total. The molecule has 2 aromatic carbocycles. The van der Waals surface area contributed by atoms with Crippen molar-refractivity contribution in [3.63, 3.8) is 0 Å². The van der Waals surface area contributed by atoms with Crippen LogP contribution in [-0.4, -0.2) is 22.1 Å². The van der Waals surface area contributed by atoms with E-state index in [2.05, 4.69) is 0 Å². The smallest absolute Gasteiger partial charge is 0.339 e. The second kappa shape index (κ2) is 8.04. The average Bonchev–Trinajstić information content (AvgIpc) is 3.46. The molecular formula is C26H24F3N3O2. The second-order valence-electron chi connectivity index (χ2n) is 8.91. The molecule has 0 radical (unpaired) electrons. The number of carbonyl (C=O) groups excluding carboxylic acids is 1. The number of para-hydroxylation sites is 1. The Bertz CT molecular complexity index is 1480. The van der Waals surface area contributed by atoms with Crippen LogP contribution < -0.4 is 10.5 Å². The molecule has 0 N–H and O–H groups in total. The number of aryl methyl sites for hydroxylation is 1. The number of hydrogen-bond donors (Lipinski definition) is 0. The summed E-state index contributed by atoms with van der Waals surface area (Å²) in [6.07, 6.45) is 0.826. The van der Waals surface area contributed by atoms with Gasteiger partial charge in [-0.05, 0) is 37.1 Å². The van der Waals surface area contributed by atoms with E-state index < -0.39 is 17.6 Å². The van der Waals surface area contributed by atoms with Crippen LogP contribution >= 0.6 is 0 Å². The molecule has 34 heavy (non-hydrogen) atoms. The van der Waals surface area contributed by atoms with Crippen molar-refractivity contribution in [2.75, 3.05) is 11.9 Å². The Morgan fingerprint density at radius 3 is 2.47 bits per heavy atom. The van der Waals surface area contributed by atoms with Gasteiger partial charge < -0.3 is 14.0 Å². The standard InChI is InChI=1S/C26H24F3N3O2/c1-30(18-11-7-8-16(14-18)26(27,28)29)24(33)20-15-32(17-9-3-4-10-17)25(34)23-22(20)19-12-5-6-13-21(19)31(23)2/h5-8,11-15,17H,3-4,9-10H2,1-2H3. The Labute approximate surface area is 194 Å². The molecule has 0 saturated heterocycles. The van der Waals surface area contributed by atoms with E-state index >= 15 is 0 Å². The molecule has 8 heteroatoms. The van der Waals surface area contributed by atoms with Crippen LogP contribution in [0.3, 0.4) is 0 Å². The van der Waals surface area contributed by atoms with Gasteiger partial charge in [-0.1, -0.05) is 37.1 Å². The lowest BCUT2D eigenvalue weighted by atomic mass is 10.1. The number of alkyl halides is 3. The molecule has 1 amide bonds. The maximum absolute atomic E-state index is 13.8. The predicted octanol–water partition coefficient (Wildman–Crippen LogP) is 5.90. The Balaban J connectivity index is 1.74. The van der Waals surface area contributed by atoms with Crippen LogP contribution in [-0.2, 0) is 13.2 Å². The summed E-state index contributed by atoms with van der Waals surface area (Å²) in [7, 11) is 3.26. The lowest BCUT2D eigenvalue weighted by molar-refractivity contribution is -0.137. The van der Waals surface area contributed by atoms with Crippen molar-refractivity contribution in [1.82, 2.24) is 9.13 Å². The summed E-state index contributed by atoms with van der Waals surface area (Å²) in [5.74, 6) is -0.465. The molecule has 2 heterocycles. The van der Waals surface area contributed by atoms with Gasteiger partial charge in [0, 0.05) is 48.3 Å². The summed E-state index contributed by atoms with van der Waals surface area (Å²) in [5.41, 5.74) is 0.700. The van der Waals surface area contributed by atoms with Crippen LogP contribution in [0.25, 0.3) is 21.8 Å². The summed E-state index contributed by atoms with van der Waals surface area (Å²) in [5, 5.41) is 1.29. The number of nitrogens with zero attached hydrogens (tertiary/aromatic N) is 3. The van der Waals surface area contributed by atoms with Gasteiger partial charge in [0.2, 0.25) is 0 Å². The molecule has 1 aliphatic carbocycles. The summed E-state index contributed by atoms with van der Waals surface area (Å²) in [4.78, 5) is 28.6. The van der Waals surface area contributed by atoms with Gasteiger partial charge >= 0.3 is 6.18 Å². The third-order valence-electron chi connectivity index (χ3n) is 6.90. The Morgan fingerprint density at radius 1 is 1.06 bits per heavy atom. The Morgan fingerprint density at radius 2 is 1.76 bits per heavy atom. The fraction of sp³-hybridized carbons (Fsp3) is 0.308. The number of carbonyl (C=O) groups is 1. The van der Waals surface area contributed by atoms with Crippen molar-refractivity contribution in [2.45, 2.75) is 37.9 Å². The van der Waals surface area contributed by atoms with Crippen molar-refractivity contribution in [3.8, 4) is 0 Å². The molecule has 0 unspecified atom stereocenters. The van der Waals surface area contributed by atoms with E-state index in [0.29, 0.717) is 16.5 Å². The summed E-state index contributed by atoms with van der Waals surface area (Å²) < 4.78 is 43.3. The van der Waals surface area contributed by atoms with E-state index in [1.807, 2.05) is 24.3 Å². The van der Waals surface area contributed by atoms with Crippen molar-refractivity contribution in [1.29, 1.82) is 0 Å². The number of amides is 1. The van der Waals surface area contributed by atoms with Crippen LogP contribution in [0, 0.1) is 0 Å². The number of halogens is 3. The minimum absolute atomic E-state index is 0.000302. The third kappa shape index (κ3) is 3.48. The zero-order valence-electron chi connectivity index (χ0n) is 18.9. The molecule has 1 saturated carbocycles. The first-order chi connectivity index (χ1) is 16.2. The van der Waals surface area contributed by atoms with E-state index in [-0.39, 0.29) is 17.3 Å². The Hall–Kier alpha value is -3.55. The topological polar surface area (TPSA) is 47.2 Å². The molecule has 1 fully saturated rings. The van der Waals surface area contributed by atoms with E-state index in [1.54, 1.807) is 22.4 Å². The number of pyridine rings is 1. The van der Waals surface area contributed by atoms with Gasteiger partial charge in [0.15, 0.2) is 0 Å². The number of anilines is 1. The molecule has 176 valence electrons. The second-order valence-corrected chi connectivity index (χ2v) is 8.91. The molecule has 0 aliphatic heterocycles. The molecule has 5 rings (SSSR count). The van der Waals surface area contributed by atoms with Gasteiger partial charge in [0.25, 0.3) is 11.5 Å². The monoisotopic (exact) mass is 467 g/mol. The van der Waals surface area contributed by atoms with Crippen LogP contribution in [0.2, 0.25) is 0 Å². The van der Waals surface area contributed by atoms with Crippen LogP contribution in [0.15, 0.2) is 59.5 Å². The molecule has 4 aromatic rings. The zero-order chi connectivity index (χ0) is 24.2. The first-order valence-corrected chi connectivity index (χ1v) is 11.3. The minimum Gasteiger partial charge on any atom is -0.339 e. The number of aromatic nitrogens is 2. The van der Waals surface area contributed by atoms with Crippen molar-refractivity contribution >= 4 is 33.4 Å². The van der Waals surface area contributed by atoms with Gasteiger partial charge in [0.1, 0.15) is 5.52 Å². The van der Waals surface area contributed by atoms with E-state index in [1.165, 1.54) is 24.1 Å². The van der Waals surface area contributed by atoms with Crippen LogP contribution in [0.1, 0.15) is 47.6 Å². The molecule has 0 bridgehead atoms. The van der Waals surface area contributed by atoms with Crippen molar-refractivity contribution in [2.24, 2.45) is 7.05 Å². The average molecular weight is 467 g/mol. The number of hydrogen-bond acceptors (Lipinski definition) is 2. The van der Waals surface area contributed by atoms with E-state index in [0.717, 1.165) is 48.7 Å². The SMILES string of the molecule is CN(C(=O)c1cn(C2CCCC2)c(=O)c2c1c1ccccc1n2C)c1cccc(C(F)(F)F)c1. The van der Waals surface area contributed by atoms with Crippen LogP contribution in [0.4, 0.5) is 18.9 Å². The van der Waals surface area contributed by atoms with Crippen molar-refractivity contribution in [3.05, 3.63) is 76.2 Å². The lowest BCUT2D eigenvalue weighted by Crippen LogP contribution is -2.31. The predicted molar refractivity (Wildman–Crippen MR) is 126 cm³/mol. The molecule has 1 aliphatic rings. The zero-order valence-corrected chi connectivity index (χ0v) is 18.9. The normalized spacial score (nSPS) is 14.9. The first-order valence-electron chi connectivity index (χ1n) is 11.3. The maximum atomic E-state index is 13.8. The molecule has 0 spiro atoms. The minimum atomic E-state index is -4.52. The van der Waals surface area contributed by atoms with Gasteiger partial charge in [-0.15, -0.1) is 0 Å². The van der Waals surface area contributed by atoms with Gasteiger partial charge in [0.05, 0.1) is 11.1 Å². The Kier molecular flexibility index (Phi) is 5.26. The quantitative estimate of drug-likeness (QED) is 0.376. The highest BCUT2D eigenvalue weighted by Crippen LogP contribution is 2.35. The van der Waals surface area contributed by atoms with Gasteiger partial charge in [-0.3, -0.25) is 9.59 Å². The number of benzene rings is 2. The molecular weight excluding hydrogens is 443 g/mol. The highest BCUT2D eigenvalue weighted by atomic mass is 19.4. The highest BCUT2D eigenvalue weighted by Gasteiger charge is 2.32. The van der Waals surface area contributed by atoms with Crippen LogP contribution in [0.5, 0.6) is 0 Å². The lowest BCUT2D eigenvalue weighted by Gasteiger charge is -2.21. The fourth-order valence-corrected chi connectivity index (χ4v) is 5.11. The van der Waals surface area contributed by atoms with E-state index in [9.17, 15) is 22.8 Å². The molecule has 2 aromatic heterocycles. The maximum Gasteiger partial charge on any atom is 0.416 e. The number of fused-ring (bicyclic) bond motifs is 3. The summed E-state index contributed by atoms with van der Waals surface area (Å²) in [6.45, 7) is 0. The van der Waals surface area contributed by atoms with E-state index in [4.69, 9.17) is 0 Å². The van der Waals surface area contributed by atoms with Crippen molar-refractivity contribution < 1.29 is 18.0 Å². The number of rotatable bonds is 3. The van der Waals surface area contributed by atoms with Gasteiger partial charge in [-0.25, -0.2) is 0 Å². The van der Waals surface area contributed by atoms with Gasteiger partial charge in [-0.2, -0.15) is 13.2 Å².